The number of aryl methyl sites for hydroxylation is 2. The van der Waals surface area contributed by atoms with Gasteiger partial charge in [0.05, 0.1) is 6.20 Å². The molecule has 5 rings (SSSR count). The zero-order valence-corrected chi connectivity index (χ0v) is 18.7. The highest BCUT2D eigenvalue weighted by Gasteiger charge is 2.38. The van der Waals surface area contributed by atoms with Gasteiger partial charge in [0, 0.05) is 28.4 Å². The van der Waals surface area contributed by atoms with Crippen LogP contribution in [0.2, 0.25) is 5.02 Å². The van der Waals surface area contributed by atoms with E-state index in [-0.39, 0.29) is 11.7 Å². The number of rotatable bonds is 3. The van der Waals surface area contributed by atoms with Crippen molar-refractivity contribution >= 4 is 34.8 Å². The number of hydrogen-bond donors (Lipinski definition) is 2. The lowest BCUT2D eigenvalue weighted by Crippen LogP contribution is -2.32. The molecule has 1 atom stereocenters. The molecule has 162 valence electrons. The minimum atomic E-state index is -0.467. The first-order valence-electron chi connectivity index (χ1n) is 10.7. The van der Waals surface area contributed by atoms with Gasteiger partial charge in [0.1, 0.15) is 17.4 Å². The number of amides is 1. The standard InChI is InChI=1S/C25H23ClN4O2/c1-14-10-11-16(12-15(14)2)28-25(32)18-13-27-30-23(17-6-3-4-7-19(17)26)22-20(29-24(18)30)8-5-9-21(22)31/h3-4,6-7,10-13,23,29H,5,8-9H2,1-2H3,(H,28,32)/t23-/m0/s1. The maximum atomic E-state index is 13.2. The summed E-state index contributed by atoms with van der Waals surface area (Å²) < 4.78 is 1.71. The number of hydrogen-bond acceptors (Lipinski definition) is 4. The number of anilines is 2. The SMILES string of the molecule is Cc1ccc(NC(=O)c2cnn3c2NC2=C(C(=O)CCC2)[C@@H]3c2ccccc2Cl)cc1C. The second-order valence-corrected chi connectivity index (χ2v) is 8.73. The molecule has 2 heterocycles. The van der Waals surface area contributed by atoms with Crippen LogP contribution in [0.1, 0.15) is 52.4 Å². The monoisotopic (exact) mass is 446 g/mol. The first-order chi connectivity index (χ1) is 15.4. The van der Waals surface area contributed by atoms with Crippen LogP contribution in [-0.4, -0.2) is 21.5 Å². The molecule has 1 amide bonds. The van der Waals surface area contributed by atoms with Crippen LogP contribution in [0.3, 0.4) is 0 Å². The zero-order valence-electron chi connectivity index (χ0n) is 17.9. The van der Waals surface area contributed by atoms with Gasteiger partial charge in [-0.25, -0.2) is 4.68 Å². The van der Waals surface area contributed by atoms with Crippen LogP contribution < -0.4 is 10.6 Å². The molecule has 2 aliphatic rings. The van der Waals surface area contributed by atoms with Crippen molar-refractivity contribution in [2.75, 3.05) is 10.6 Å². The Balaban J connectivity index is 1.57. The van der Waals surface area contributed by atoms with Crippen LogP contribution in [-0.2, 0) is 4.79 Å². The van der Waals surface area contributed by atoms with Gasteiger partial charge in [-0.15, -0.1) is 0 Å². The smallest absolute Gasteiger partial charge is 0.261 e. The van der Waals surface area contributed by atoms with E-state index in [0.29, 0.717) is 28.4 Å². The molecule has 1 aliphatic carbocycles. The van der Waals surface area contributed by atoms with Gasteiger partial charge < -0.3 is 10.6 Å². The zero-order chi connectivity index (χ0) is 22.4. The van der Waals surface area contributed by atoms with E-state index in [9.17, 15) is 9.59 Å². The summed E-state index contributed by atoms with van der Waals surface area (Å²) in [5.41, 5.74) is 5.74. The number of halogens is 1. The third kappa shape index (κ3) is 3.41. The number of ketones is 1. The highest BCUT2D eigenvalue weighted by Crippen LogP contribution is 2.43. The van der Waals surface area contributed by atoms with E-state index in [2.05, 4.69) is 15.7 Å². The number of nitrogens with one attached hydrogen (secondary N) is 2. The van der Waals surface area contributed by atoms with Gasteiger partial charge in [0.25, 0.3) is 5.91 Å². The number of carbonyl (C=O) groups is 2. The topological polar surface area (TPSA) is 76.0 Å². The van der Waals surface area contributed by atoms with Crippen LogP contribution in [0.25, 0.3) is 0 Å². The Hall–Kier alpha value is -3.38. The van der Waals surface area contributed by atoms with Crippen molar-refractivity contribution < 1.29 is 9.59 Å². The molecular formula is C25H23ClN4O2. The van der Waals surface area contributed by atoms with Gasteiger partial charge >= 0.3 is 0 Å². The van der Waals surface area contributed by atoms with Gasteiger partial charge in [-0.2, -0.15) is 5.10 Å². The van der Waals surface area contributed by atoms with Crippen LogP contribution in [0.5, 0.6) is 0 Å². The van der Waals surface area contributed by atoms with E-state index in [1.54, 1.807) is 10.9 Å². The predicted octanol–water partition coefficient (Wildman–Crippen LogP) is 5.43. The Labute approximate surface area is 191 Å². The Morgan fingerprint density at radius 1 is 1.16 bits per heavy atom. The van der Waals surface area contributed by atoms with Gasteiger partial charge in [-0.3, -0.25) is 9.59 Å². The summed E-state index contributed by atoms with van der Waals surface area (Å²) in [6.07, 6.45) is 3.56. The average Bonchev–Trinajstić information content (AvgIpc) is 3.19. The number of nitrogens with zero attached hydrogens (tertiary/aromatic N) is 2. The Morgan fingerprint density at radius 3 is 2.75 bits per heavy atom. The Kier molecular flexibility index (Phi) is 5.10. The van der Waals surface area contributed by atoms with E-state index in [1.165, 1.54) is 0 Å². The number of carbonyl (C=O) groups excluding carboxylic acids is 2. The van der Waals surface area contributed by atoms with Crippen molar-refractivity contribution in [2.24, 2.45) is 0 Å². The lowest BCUT2D eigenvalue weighted by atomic mass is 9.85. The lowest BCUT2D eigenvalue weighted by molar-refractivity contribution is -0.116. The summed E-state index contributed by atoms with van der Waals surface area (Å²) in [5, 5.41) is 11.4. The quantitative estimate of drug-likeness (QED) is 0.562. The normalized spacial score (nSPS) is 17.5. The summed E-state index contributed by atoms with van der Waals surface area (Å²) in [6, 6.07) is 12.8. The van der Waals surface area contributed by atoms with E-state index >= 15 is 0 Å². The molecule has 2 N–H and O–H groups in total. The molecule has 6 nitrogen and oxygen atoms in total. The molecule has 0 unspecified atom stereocenters. The van der Waals surface area contributed by atoms with E-state index in [0.717, 1.165) is 40.9 Å². The third-order valence-corrected chi connectivity index (χ3v) is 6.59. The molecule has 0 spiro atoms. The summed E-state index contributed by atoms with van der Waals surface area (Å²) in [7, 11) is 0. The second-order valence-electron chi connectivity index (χ2n) is 8.32. The average molecular weight is 447 g/mol. The molecule has 0 bridgehead atoms. The van der Waals surface area contributed by atoms with Crippen molar-refractivity contribution in [3.8, 4) is 0 Å². The number of allylic oxidation sites excluding steroid dienone is 2. The van der Waals surface area contributed by atoms with Crippen LogP contribution >= 0.6 is 11.6 Å². The number of fused-ring (bicyclic) bond motifs is 1. The van der Waals surface area contributed by atoms with Crippen molar-refractivity contribution in [3.63, 3.8) is 0 Å². The van der Waals surface area contributed by atoms with E-state index in [1.807, 2.05) is 56.3 Å². The molecule has 3 aromatic rings. The first-order valence-corrected chi connectivity index (χ1v) is 11.1. The van der Waals surface area contributed by atoms with Crippen LogP contribution in [0.4, 0.5) is 11.5 Å². The van der Waals surface area contributed by atoms with Gasteiger partial charge in [0.2, 0.25) is 0 Å². The fraction of sp³-hybridized carbons (Fsp3) is 0.240. The van der Waals surface area contributed by atoms with Crippen LogP contribution in [0, 0.1) is 13.8 Å². The number of Topliss-reactive ketones (excluding diaryl/α,β-unsaturated/α-hetero) is 1. The van der Waals surface area contributed by atoms with Crippen molar-refractivity contribution in [1.29, 1.82) is 0 Å². The predicted molar refractivity (Wildman–Crippen MR) is 125 cm³/mol. The molecule has 2 aromatic carbocycles. The molecule has 1 aromatic heterocycles. The highest BCUT2D eigenvalue weighted by atomic mass is 35.5. The Bertz CT molecular complexity index is 1290. The second kappa shape index (κ2) is 7.95. The lowest BCUT2D eigenvalue weighted by Gasteiger charge is -2.33. The fourth-order valence-electron chi connectivity index (χ4n) is 4.43. The van der Waals surface area contributed by atoms with Gasteiger partial charge in [-0.05, 0) is 61.6 Å². The van der Waals surface area contributed by atoms with E-state index in [4.69, 9.17) is 11.6 Å². The molecule has 1 aliphatic heterocycles. The summed E-state index contributed by atoms with van der Waals surface area (Å²) in [5.74, 6) is 0.404. The fourth-order valence-corrected chi connectivity index (χ4v) is 4.67. The van der Waals surface area contributed by atoms with Gasteiger partial charge in [0.15, 0.2) is 5.78 Å². The van der Waals surface area contributed by atoms with Crippen molar-refractivity contribution in [2.45, 2.75) is 39.2 Å². The van der Waals surface area contributed by atoms with Crippen molar-refractivity contribution in [1.82, 2.24) is 9.78 Å². The summed E-state index contributed by atoms with van der Waals surface area (Å²) in [4.78, 5) is 26.1. The highest BCUT2D eigenvalue weighted by molar-refractivity contribution is 6.31. The molecule has 0 saturated heterocycles. The molecule has 32 heavy (non-hydrogen) atoms. The number of aromatic nitrogens is 2. The molecular weight excluding hydrogens is 424 g/mol. The number of benzene rings is 2. The largest absolute Gasteiger partial charge is 0.343 e. The third-order valence-electron chi connectivity index (χ3n) is 6.25. The minimum Gasteiger partial charge on any atom is -0.343 e. The molecule has 7 heteroatoms. The molecule has 0 saturated carbocycles. The maximum Gasteiger partial charge on any atom is 0.261 e. The Morgan fingerprint density at radius 2 is 1.97 bits per heavy atom. The first kappa shape index (κ1) is 20.5. The molecule has 0 radical (unpaired) electrons. The minimum absolute atomic E-state index is 0.0888. The van der Waals surface area contributed by atoms with Gasteiger partial charge in [-0.1, -0.05) is 35.9 Å². The molecule has 0 fully saturated rings. The summed E-state index contributed by atoms with van der Waals surface area (Å²) in [6.45, 7) is 4.04. The summed E-state index contributed by atoms with van der Waals surface area (Å²) >= 11 is 6.53. The maximum absolute atomic E-state index is 13.2. The van der Waals surface area contributed by atoms with E-state index < -0.39 is 6.04 Å². The van der Waals surface area contributed by atoms with Crippen molar-refractivity contribution in [3.05, 3.63) is 87.2 Å². The van der Waals surface area contributed by atoms with Crippen LogP contribution in [0.15, 0.2) is 59.9 Å².